The van der Waals surface area contributed by atoms with Gasteiger partial charge in [0.25, 0.3) is 0 Å². The molecule has 0 unspecified atom stereocenters. The predicted octanol–water partition coefficient (Wildman–Crippen LogP) is 17.5. The van der Waals surface area contributed by atoms with Gasteiger partial charge in [0.15, 0.2) is 0 Å². The fourth-order valence-electron chi connectivity index (χ4n) is 12.7. The molecule has 2 aliphatic heterocycles. The SMILES string of the molecule is CC(C)(C)c1ccc(N2C3=C(B4c5c(cc(C(C)(C)C)cc52)-c2c5c(cc6c7cc(C(C)(C)C)ccc7n(-c7ccccc7)c26)c2cc(C(C)(C)C)ccc2n54)c2cc(C(C)(C)C)ccc2C3(C)C)cc1. The Balaban J connectivity index is 1.35. The molecule has 7 aromatic carbocycles. The maximum atomic E-state index is 2.83. The van der Waals surface area contributed by atoms with Gasteiger partial charge in [0, 0.05) is 66.3 Å². The summed E-state index contributed by atoms with van der Waals surface area (Å²) in [5.74, 6) is 0. The Morgan fingerprint density at radius 1 is 0.423 bits per heavy atom. The van der Waals surface area contributed by atoms with Gasteiger partial charge in [-0.25, -0.2) is 0 Å². The zero-order chi connectivity index (χ0) is 50.4. The molecule has 71 heavy (non-hydrogen) atoms. The fraction of sp³-hybridized carbons (Fsp3) is 0.343. The van der Waals surface area contributed by atoms with Crippen molar-refractivity contribution in [1.82, 2.24) is 9.05 Å². The number of nitrogens with zero attached hydrogens (tertiary/aromatic N) is 3. The van der Waals surface area contributed by atoms with Crippen LogP contribution in [0, 0.1) is 0 Å². The average Bonchev–Trinajstić information content (AvgIpc) is 3.88. The Labute approximate surface area is 423 Å². The molecule has 0 bridgehead atoms. The molecule has 1 aliphatic carbocycles. The molecule has 0 spiro atoms. The monoisotopic (exact) mass is 930 g/mol. The molecule has 0 fully saturated rings. The third-order valence-electron chi connectivity index (χ3n) is 16.8. The van der Waals surface area contributed by atoms with E-state index in [1.54, 1.807) is 0 Å². The normalized spacial score (nSPS) is 15.7. The molecule has 0 atom stereocenters. The lowest BCUT2D eigenvalue weighted by Gasteiger charge is -2.44. The lowest BCUT2D eigenvalue weighted by atomic mass is 9.43. The van der Waals surface area contributed by atoms with Crippen LogP contribution in [0.3, 0.4) is 0 Å². The minimum absolute atomic E-state index is 0.0170. The highest BCUT2D eigenvalue weighted by atomic mass is 15.2. The van der Waals surface area contributed by atoms with Gasteiger partial charge in [-0.05, 0) is 143 Å². The molecule has 358 valence electrons. The van der Waals surface area contributed by atoms with Crippen molar-refractivity contribution in [3.05, 3.63) is 172 Å². The number of aromatic nitrogens is 2. The first kappa shape index (κ1) is 45.9. The first-order valence-electron chi connectivity index (χ1n) is 26.3. The van der Waals surface area contributed by atoms with Crippen molar-refractivity contribution in [3.8, 4) is 16.8 Å². The van der Waals surface area contributed by atoms with E-state index in [4.69, 9.17) is 0 Å². The Morgan fingerprint density at radius 2 is 0.930 bits per heavy atom. The Morgan fingerprint density at radius 3 is 1.52 bits per heavy atom. The summed E-state index contributed by atoms with van der Waals surface area (Å²) in [6.07, 6.45) is 0. The number of fused-ring (bicyclic) bond motifs is 12. The number of anilines is 2. The molecule has 0 N–H and O–H groups in total. The van der Waals surface area contributed by atoms with E-state index < -0.39 is 0 Å². The summed E-state index contributed by atoms with van der Waals surface area (Å²) in [5, 5.41) is 5.27. The summed E-state index contributed by atoms with van der Waals surface area (Å²) in [4.78, 5) is 2.72. The lowest BCUT2D eigenvalue weighted by molar-refractivity contribution is 0.586. The van der Waals surface area contributed by atoms with E-state index in [1.807, 2.05) is 0 Å². The third-order valence-corrected chi connectivity index (χ3v) is 16.8. The smallest absolute Gasteiger partial charge is 0.333 e. The number of rotatable bonds is 2. The van der Waals surface area contributed by atoms with Crippen molar-refractivity contribution in [2.24, 2.45) is 0 Å². The highest BCUT2D eigenvalue weighted by Gasteiger charge is 2.53. The van der Waals surface area contributed by atoms with Crippen LogP contribution in [0.15, 0.2) is 133 Å². The molecule has 4 heterocycles. The first-order chi connectivity index (χ1) is 33.2. The molecule has 12 rings (SSSR count). The fourth-order valence-corrected chi connectivity index (χ4v) is 12.7. The number of allylic oxidation sites excluding steroid dienone is 1. The summed E-state index contributed by atoms with van der Waals surface area (Å²) in [7, 11) is 0. The second-order valence-corrected chi connectivity index (χ2v) is 27.2. The van der Waals surface area contributed by atoms with Crippen molar-refractivity contribution in [2.45, 2.75) is 150 Å². The topological polar surface area (TPSA) is 13.1 Å². The van der Waals surface area contributed by atoms with Crippen LogP contribution in [-0.2, 0) is 32.5 Å². The largest absolute Gasteiger partial charge is 0.375 e. The van der Waals surface area contributed by atoms with Gasteiger partial charge in [-0.2, -0.15) is 0 Å². The summed E-state index contributed by atoms with van der Waals surface area (Å²) >= 11 is 0. The number of para-hydroxylation sites is 1. The van der Waals surface area contributed by atoms with Crippen molar-refractivity contribution in [3.63, 3.8) is 0 Å². The van der Waals surface area contributed by atoms with Gasteiger partial charge < -0.3 is 13.9 Å². The molecule has 3 nitrogen and oxygen atoms in total. The van der Waals surface area contributed by atoms with Crippen LogP contribution < -0.4 is 10.4 Å². The predicted molar refractivity (Wildman–Crippen MR) is 308 cm³/mol. The molecule has 0 saturated heterocycles. The molecule has 0 amide bonds. The minimum atomic E-state index is -0.310. The van der Waals surface area contributed by atoms with E-state index >= 15 is 0 Å². The van der Waals surface area contributed by atoms with E-state index in [1.165, 1.54) is 127 Å². The van der Waals surface area contributed by atoms with Crippen LogP contribution in [0.2, 0.25) is 0 Å². The Kier molecular flexibility index (Phi) is 9.34. The van der Waals surface area contributed by atoms with Crippen molar-refractivity contribution in [2.75, 3.05) is 4.90 Å². The van der Waals surface area contributed by atoms with E-state index in [0.717, 1.165) is 0 Å². The number of benzene rings is 7. The van der Waals surface area contributed by atoms with E-state index in [9.17, 15) is 0 Å². The van der Waals surface area contributed by atoms with Crippen molar-refractivity contribution < 1.29 is 0 Å². The first-order valence-corrected chi connectivity index (χ1v) is 26.3. The summed E-state index contributed by atoms with van der Waals surface area (Å²) in [5.41, 5.74) is 24.8. The van der Waals surface area contributed by atoms with Crippen molar-refractivity contribution in [1.29, 1.82) is 0 Å². The van der Waals surface area contributed by atoms with Crippen LogP contribution in [0.4, 0.5) is 11.4 Å². The second-order valence-electron chi connectivity index (χ2n) is 27.2. The third kappa shape index (κ3) is 6.54. The highest BCUT2D eigenvalue weighted by Crippen LogP contribution is 2.59. The second kappa shape index (κ2) is 14.5. The zero-order valence-corrected chi connectivity index (χ0v) is 45.5. The van der Waals surface area contributed by atoms with Crippen LogP contribution in [-0.4, -0.2) is 15.9 Å². The molecule has 3 aliphatic rings. The zero-order valence-electron chi connectivity index (χ0n) is 45.5. The van der Waals surface area contributed by atoms with Crippen molar-refractivity contribution >= 4 is 72.8 Å². The van der Waals surface area contributed by atoms with Gasteiger partial charge in [0.1, 0.15) is 0 Å². The molecular weight excluding hydrogens is 858 g/mol. The number of hydrogen-bond acceptors (Lipinski definition) is 1. The van der Waals surface area contributed by atoms with E-state index in [0.29, 0.717) is 0 Å². The molecule has 9 aromatic rings. The summed E-state index contributed by atoms with van der Waals surface area (Å²) < 4.78 is 5.43. The standard InChI is InChI=1S/C67H72BN3/c1-62(2,3)39-23-28-45(29-24-39)70-55-37-43(66(13,14)15)36-51-56-59-48(46-33-41(64(7,8)9)26-31-53(46)69(59)44-21-19-18-20-22-44)38-49-47-34-42(65(10,11)12)27-32-54(47)71(60(49)56)68(57(51)55)58-50-35-40(63(4,5)6)25-30-52(50)67(16,17)61(58)70/h18-38H,1-17H3. The number of hydrogen-bond donors (Lipinski definition) is 0. The molecular formula is C67H72BN3. The van der Waals surface area contributed by atoms with Gasteiger partial charge >= 0.3 is 6.85 Å². The Hall–Kier alpha value is -6.26. The average molecular weight is 930 g/mol. The molecule has 0 saturated carbocycles. The highest BCUT2D eigenvalue weighted by molar-refractivity contribution is 6.93. The summed E-state index contributed by atoms with van der Waals surface area (Å²) in [6, 6.07) is 50.7. The van der Waals surface area contributed by atoms with Crippen LogP contribution >= 0.6 is 0 Å². The van der Waals surface area contributed by atoms with Gasteiger partial charge in [-0.1, -0.05) is 184 Å². The minimum Gasteiger partial charge on any atom is -0.375 e. The molecule has 0 radical (unpaired) electrons. The Bertz CT molecular complexity index is 3780. The maximum Gasteiger partial charge on any atom is 0.333 e. The lowest BCUT2D eigenvalue weighted by Crippen LogP contribution is -2.51. The van der Waals surface area contributed by atoms with Crippen LogP contribution in [0.25, 0.3) is 65.9 Å². The van der Waals surface area contributed by atoms with Gasteiger partial charge in [-0.15, -0.1) is 0 Å². The van der Waals surface area contributed by atoms with Gasteiger partial charge in [0.2, 0.25) is 0 Å². The molecule has 4 heteroatoms. The van der Waals surface area contributed by atoms with E-state index in [2.05, 4.69) is 259 Å². The van der Waals surface area contributed by atoms with Gasteiger partial charge in [0.05, 0.1) is 11.0 Å². The molecule has 2 aromatic heterocycles. The van der Waals surface area contributed by atoms with Crippen LogP contribution in [0.5, 0.6) is 0 Å². The quantitative estimate of drug-likeness (QED) is 0.157. The van der Waals surface area contributed by atoms with Crippen LogP contribution in [0.1, 0.15) is 157 Å². The van der Waals surface area contributed by atoms with E-state index in [-0.39, 0.29) is 39.3 Å². The summed E-state index contributed by atoms with van der Waals surface area (Å²) in [6.45, 7) is 40.3. The maximum absolute atomic E-state index is 2.83. The van der Waals surface area contributed by atoms with Gasteiger partial charge in [-0.3, -0.25) is 0 Å².